The Morgan fingerprint density at radius 1 is 1.10 bits per heavy atom. The number of carboxylic acid groups (broad SMARTS) is 1. The number of allylic oxidation sites excluding steroid dienone is 1. The number of nitrogens with one attached hydrogen (secondary N) is 1. The summed E-state index contributed by atoms with van der Waals surface area (Å²) in [6.07, 6.45) is 2.67. The van der Waals surface area contributed by atoms with Crippen molar-refractivity contribution in [3.05, 3.63) is 72.3 Å². The molecule has 0 spiro atoms. The van der Waals surface area contributed by atoms with Crippen molar-refractivity contribution in [3.63, 3.8) is 0 Å². The smallest absolute Gasteiger partial charge is 0.412 e. The highest BCUT2D eigenvalue weighted by atomic mass is 16.6. The third kappa shape index (κ3) is 8.14. The van der Waals surface area contributed by atoms with Crippen LogP contribution < -0.4 is 10.1 Å². The quantitative estimate of drug-likeness (QED) is 0.445. The number of carboxylic acids is 1. The van der Waals surface area contributed by atoms with Crippen molar-refractivity contribution in [2.45, 2.75) is 32.8 Å². The molecule has 0 aliphatic heterocycles. The number of anilines is 1. The Morgan fingerprint density at radius 3 is 2.39 bits per heavy atom. The summed E-state index contributed by atoms with van der Waals surface area (Å²) in [6, 6.07) is 16.2. The van der Waals surface area contributed by atoms with Gasteiger partial charge in [-0.1, -0.05) is 50.3 Å². The molecule has 31 heavy (non-hydrogen) atoms. The van der Waals surface area contributed by atoms with E-state index in [0.29, 0.717) is 24.3 Å². The molecule has 166 valence electrons. The molecule has 2 aromatic carbocycles. The van der Waals surface area contributed by atoms with Crippen molar-refractivity contribution in [1.29, 1.82) is 0 Å². The molecule has 7 nitrogen and oxygen atoms in total. The molecule has 0 fully saturated rings. The zero-order chi connectivity index (χ0) is 22.7. The molecule has 3 N–H and O–H groups in total. The van der Waals surface area contributed by atoms with Gasteiger partial charge >= 0.3 is 12.1 Å². The van der Waals surface area contributed by atoms with Gasteiger partial charge in [-0.2, -0.15) is 0 Å². The first-order valence-corrected chi connectivity index (χ1v) is 10.1. The van der Waals surface area contributed by atoms with E-state index in [0.717, 1.165) is 11.6 Å². The number of hydrogen-bond acceptors (Lipinski definition) is 5. The SMILES string of the molecule is CC(C)(CC/C=C/C(=O)O)[C@H](OC(=O)Nc1ccccc1)c1ccc(OCCO)cc1. The maximum atomic E-state index is 12.6. The molecule has 0 saturated heterocycles. The molecule has 1 atom stereocenters. The van der Waals surface area contributed by atoms with Crippen molar-refractivity contribution in [2.75, 3.05) is 18.5 Å². The Morgan fingerprint density at radius 2 is 1.77 bits per heavy atom. The number of amides is 1. The highest BCUT2D eigenvalue weighted by molar-refractivity contribution is 5.84. The maximum absolute atomic E-state index is 12.6. The summed E-state index contributed by atoms with van der Waals surface area (Å²) >= 11 is 0. The Labute approximate surface area is 182 Å². The van der Waals surface area contributed by atoms with Gasteiger partial charge in [-0.15, -0.1) is 0 Å². The van der Waals surface area contributed by atoms with Crippen LogP contribution in [0.3, 0.4) is 0 Å². The van der Waals surface area contributed by atoms with Gasteiger partial charge in [-0.25, -0.2) is 9.59 Å². The number of rotatable bonds is 11. The zero-order valence-electron chi connectivity index (χ0n) is 17.8. The van der Waals surface area contributed by atoms with Gasteiger partial charge in [-0.3, -0.25) is 5.32 Å². The van der Waals surface area contributed by atoms with Crippen molar-refractivity contribution >= 4 is 17.7 Å². The molecule has 2 rings (SSSR count). The molecule has 0 bridgehead atoms. The minimum atomic E-state index is -0.994. The lowest BCUT2D eigenvalue weighted by Crippen LogP contribution is -2.29. The molecule has 0 aliphatic carbocycles. The summed E-state index contributed by atoms with van der Waals surface area (Å²) in [4.78, 5) is 23.3. The summed E-state index contributed by atoms with van der Waals surface area (Å²) in [5.74, 6) is -0.390. The zero-order valence-corrected chi connectivity index (χ0v) is 17.8. The van der Waals surface area contributed by atoms with Crippen molar-refractivity contribution in [1.82, 2.24) is 0 Å². The van der Waals surface area contributed by atoms with E-state index in [1.165, 1.54) is 0 Å². The van der Waals surface area contributed by atoms with Crippen molar-refractivity contribution in [2.24, 2.45) is 5.41 Å². The van der Waals surface area contributed by atoms with Crippen LogP contribution in [0.15, 0.2) is 66.7 Å². The van der Waals surface area contributed by atoms with E-state index in [1.54, 1.807) is 30.3 Å². The number of hydrogen-bond donors (Lipinski definition) is 3. The van der Waals surface area contributed by atoms with Gasteiger partial charge in [0, 0.05) is 17.2 Å². The fraction of sp³-hybridized carbons (Fsp3) is 0.333. The number of ether oxygens (including phenoxy) is 2. The van der Waals surface area contributed by atoms with E-state index >= 15 is 0 Å². The Kier molecular flexibility index (Phi) is 9.09. The number of benzene rings is 2. The minimum absolute atomic E-state index is 0.0793. The average Bonchev–Trinajstić information content (AvgIpc) is 2.74. The number of para-hydroxylation sites is 1. The lowest BCUT2D eigenvalue weighted by Gasteiger charge is -2.34. The number of carbonyl (C=O) groups excluding carboxylic acids is 1. The molecule has 0 saturated carbocycles. The van der Waals surface area contributed by atoms with E-state index < -0.39 is 23.6 Å². The summed E-state index contributed by atoms with van der Waals surface area (Å²) in [7, 11) is 0. The number of carbonyl (C=O) groups is 2. The second-order valence-corrected chi connectivity index (χ2v) is 7.69. The highest BCUT2D eigenvalue weighted by Crippen LogP contribution is 2.41. The van der Waals surface area contributed by atoms with Crippen LogP contribution in [0.2, 0.25) is 0 Å². The number of aliphatic carboxylic acids is 1. The predicted molar refractivity (Wildman–Crippen MR) is 118 cm³/mol. The van der Waals surface area contributed by atoms with E-state index in [4.69, 9.17) is 19.7 Å². The van der Waals surface area contributed by atoms with Crippen LogP contribution in [0, 0.1) is 5.41 Å². The molecule has 7 heteroatoms. The first-order chi connectivity index (χ1) is 14.8. The summed E-state index contributed by atoms with van der Waals surface area (Å²) < 4.78 is 11.2. The van der Waals surface area contributed by atoms with E-state index in [9.17, 15) is 9.59 Å². The number of aliphatic hydroxyl groups is 1. The lowest BCUT2D eigenvalue weighted by atomic mass is 9.78. The topological polar surface area (TPSA) is 105 Å². The van der Waals surface area contributed by atoms with Crippen LogP contribution in [-0.4, -0.2) is 35.5 Å². The Balaban J connectivity index is 2.19. The standard InChI is InChI=1S/C24H29NO6/c1-24(2,15-7-6-10-21(27)28)22(18-11-13-20(14-12-18)30-17-16-26)31-23(29)25-19-8-4-3-5-9-19/h3-6,8-14,22,26H,7,15-17H2,1-2H3,(H,25,29)(H,27,28)/b10-6+/t22-/m1/s1. The normalized spacial score (nSPS) is 12.4. The largest absolute Gasteiger partial charge is 0.491 e. The molecular formula is C24H29NO6. The van der Waals surface area contributed by atoms with Crippen LogP contribution in [0.5, 0.6) is 5.75 Å². The van der Waals surface area contributed by atoms with Crippen molar-refractivity contribution < 1.29 is 29.3 Å². The van der Waals surface area contributed by atoms with Gasteiger partial charge < -0.3 is 19.7 Å². The summed E-state index contributed by atoms with van der Waals surface area (Å²) in [5, 5.41) is 20.4. The summed E-state index contributed by atoms with van der Waals surface area (Å²) in [6.45, 7) is 4.06. The molecular weight excluding hydrogens is 398 g/mol. The predicted octanol–water partition coefficient (Wildman–Crippen LogP) is 4.79. The fourth-order valence-electron chi connectivity index (χ4n) is 3.13. The number of aliphatic hydroxyl groups excluding tert-OH is 1. The van der Waals surface area contributed by atoms with Crippen LogP contribution in [-0.2, 0) is 9.53 Å². The summed E-state index contributed by atoms with van der Waals surface area (Å²) in [5.41, 5.74) is 0.928. The van der Waals surface area contributed by atoms with E-state index in [-0.39, 0.29) is 13.2 Å². The molecule has 0 aromatic heterocycles. The first-order valence-electron chi connectivity index (χ1n) is 10.1. The molecule has 0 heterocycles. The van der Waals surface area contributed by atoms with Crippen LogP contribution >= 0.6 is 0 Å². The second-order valence-electron chi connectivity index (χ2n) is 7.69. The first kappa shape index (κ1) is 24.0. The van der Waals surface area contributed by atoms with Crippen LogP contribution in [0.25, 0.3) is 0 Å². The van der Waals surface area contributed by atoms with Gasteiger partial charge in [0.15, 0.2) is 0 Å². The Hall–Kier alpha value is -3.32. The van der Waals surface area contributed by atoms with Gasteiger partial charge in [0.25, 0.3) is 0 Å². The van der Waals surface area contributed by atoms with Gasteiger partial charge in [0.05, 0.1) is 6.61 Å². The molecule has 2 aromatic rings. The molecule has 0 aliphatic rings. The van der Waals surface area contributed by atoms with Gasteiger partial charge in [0.2, 0.25) is 0 Å². The van der Waals surface area contributed by atoms with Crippen LogP contribution in [0.4, 0.5) is 10.5 Å². The van der Waals surface area contributed by atoms with E-state index in [1.807, 2.05) is 44.2 Å². The molecule has 0 unspecified atom stereocenters. The minimum Gasteiger partial charge on any atom is -0.491 e. The van der Waals surface area contributed by atoms with Crippen LogP contribution in [0.1, 0.15) is 38.4 Å². The maximum Gasteiger partial charge on any atom is 0.412 e. The monoisotopic (exact) mass is 427 g/mol. The second kappa shape index (κ2) is 11.8. The molecule has 1 amide bonds. The Bertz CT molecular complexity index is 861. The van der Waals surface area contributed by atoms with E-state index in [2.05, 4.69) is 5.32 Å². The third-order valence-electron chi connectivity index (χ3n) is 4.71. The van der Waals surface area contributed by atoms with Crippen molar-refractivity contribution in [3.8, 4) is 5.75 Å². The third-order valence-corrected chi connectivity index (χ3v) is 4.71. The van der Waals surface area contributed by atoms with Gasteiger partial charge in [0.1, 0.15) is 18.5 Å². The molecule has 0 radical (unpaired) electrons. The average molecular weight is 427 g/mol. The lowest BCUT2D eigenvalue weighted by molar-refractivity contribution is -0.131. The fourth-order valence-corrected chi connectivity index (χ4v) is 3.13. The highest BCUT2D eigenvalue weighted by Gasteiger charge is 2.34. The van der Waals surface area contributed by atoms with Gasteiger partial charge in [-0.05, 0) is 42.7 Å².